The Kier molecular flexibility index (Phi) is 5.88. The van der Waals surface area contributed by atoms with Gasteiger partial charge in [0.15, 0.2) is 11.5 Å². The van der Waals surface area contributed by atoms with Crippen molar-refractivity contribution in [2.45, 2.75) is 40.2 Å². The summed E-state index contributed by atoms with van der Waals surface area (Å²) in [5, 5.41) is 9.33. The highest BCUT2D eigenvalue weighted by Crippen LogP contribution is 2.33. The minimum atomic E-state index is -0.710. The summed E-state index contributed by atoms with van der Waals surface area (Å²) in [6.07, 6.45) is 1.65. The molecule has 1 atom stereocenters. The van der Waals surface area contributed by atoms with Gasteiger partial charge in [0.1, 0.15) is 0 Å². The topological polar surface area (TPSA) is 59.0 Å². The molecule has 1 aromatic rings. The van der Waals surface area contributed by atoms with Crippen molar-refractivity contribution in [2.24, 2.45) is 5.41 Å². The van der Waals surface area contributed by atoms with Crippen LogP contribution in [0.5, 0.6) is 11.5 Å². The summed E-state index contributed by atoms with van der Waals surface area (Å²) in [6.45, 7) is 9.23. The van der Waals surface area contributed by atoms with E-state index in [9.17, 15) is 9.90 Å². The fourth-order valence-electron chi connectivity index (χ4n) is 2.87. The first-order valence-electron chi connectivity index (χ1n) is 8.32. The zero-order valence-corrected chi connectivity index (χ0v) is 14.3. The first-order chi connectivity index (χ1) is 11.0. The molecule has 0 bridgehead atoms. The van der Waals surface area contributed by atoms with Crippen LogP contribution in [-0.4, -0.2) is 42.3 Å². The molecule has 1 aliphatic heterocycles. The van der Waals surface area contributed by atoms with Crippen LogP contribution in [0.15, 0.2) is 18.2 Å². The Hall–Kier alpha value is -1.75. The fraction of sp³-hybridized carbons (Fsp3) is 0.611. The normalized spacial score (nSPS) is 21.3. The Bertz CT molecular complexity index is 546. The largest absolute Gasteiger partial charge is 0.490 e. The third-order valence-electron chi connectivity index (χ3n) is 4.24. The summed E-state index contributed by atoms with van der Waals surface area (Å²) in [4.78, 5) is 13.5. The van der Waals surface area contributed by atoms with Crippen molar-refractivity contribution in [2.75, 3.05) is 26.3 Å². The Morgan fingerprint density at radius 2 is 2.09 bits per heavy atom. The number of nitrogens with zero attached hydrogens (tertiary/aromatic N) is 1. The van der Waals surface area contributed by atoms with Gasteiger partial charge < -0.3 is 14.6 Å². The highest BCUT2D eigenvalue weighted by molar-refractivity contribution is 5.74. The average molecular weight is 321 g/mol. The number of carbonyl (C=O) groups is 1. The molecule has 1 unspecified atom stereocenters. The zero-order valence-electron chi connectivity index (χ0n) is 14.3. The van der Waals surface area contributed by atoms with Crippen LogP contribution in [0.4, 0.5) is 0 Å². The molecule has 1 heterocycles. The molecule has 5 heteroatoms. The summed E-state index contributed by atoms with van der Waals surface area (Å²) in [5.74, 6) is 0.825. The van der Waals surface area contributed by atoms with Crippen LogP contribution in [0.25, 0.3) is 0 Å². The molecule has 128 valence electrons. The van der Waals surface area contributed by atoms with E-state index < -0.39 is 11.4 Å². The lowest BCUT2D eigenvalue weighted by Crippen LogP contribution is -2.31. The van der Waals surface area contributed by atoms with Gasteiger partial charge in [-0.1, -0.05) is 13.0 Å². The van der Waals surface area contributed by atoms with Gasteiger partial charge in [0, 0.05) is 13.1 Å². The number of hydrogen-bond acceptors (Lipinski definition) is 4. The highest BCUT2D eigenvalue weighted by atomic mass is 16.5. The molecular weight excluding hydrogens is 294 g/mol. The molecule has 1 aliphatic rings. The Morgan fingerprint density at radius 3 is 2.70 bits per heavy atom. The molecule has 23 heavy (non-hydrogen) atoms. The lowest BCUT2D eigenvalue weighted by Gasteiger charge is -2.20. The van der Waals surface area contributed by atoms with Crippen LogP contribution in [-0.2, 0) is 11.3 Å². The maximum absolute atomic E-state index is 11.3. The standard InChI is InChI=1S/C18H27NO4/c1-4-10-23-15-7-6-14(11-16(15)22-5-2)12-19-9-8-18(3,13-19)17(20)21/h6-7,11H,4-5,8-10,12-13H2,1-3H3,(H,20,21). The minimum absolute atomic E-state index is 0.584. The SMILES string of the molecule is CCCOc1ccc(CN2CCC(C)(C(=O)O)C2)cc1OCC. The van der Waals surface area contributed by atoms with Crippen LogP contribution in [0.2, 0.25) is 0 Å². The Morgan fingerprint density at radius 1 is 1.30 bits per heavy atom. The van der Waals surface area contributed by atoms with Crippen LogP contribution in [0.3, 0.4) is 0 Å². The smallest absolute Gasteiger partial charge is 0.310 e. The molecule has 0 aromatic heterocycles. The summed E-state index contributed by atoms with van der Waals surface area (Å²) in [6, 6.07) is 5.98. The third kappa shape index (κ3) is 4.38. The molecule has 0 aliphatic carbocycles. The van der Waals surface area contributed by atoms with E-state index in [1.165, 1.54) is 0 Å². The Balaban J connectivity index is 2.06. The maximum Gasteiger partial charge on any atom is 0.310 e. The van der Waals surface area contributed by atoms with Gasteiger partial charge in [-0.25, -0.2) is 0 Å². The highest BCUT2D eigenvalue weighted by Gasteiger charge is 2.40. The van der Waals surface area contributed by atoms with E-state index in [0.29, 0.717) is 26.2 Å². The number of benzene rings is 1. The van der Waals surface area contributed by atoms with E-state index in [4.69, 9.17) is 9.47 Å². The predicted molar refractivity (Wildman–Crippen MR) is 89.0 cm³/mol. The number of rotatable bonds is 8. The van der Waals surface area contributed by atoms with E-state index in [1.807, 2.05) is 32.0 Å². The van der Waals surface area contributed by atoms with E-state index in [1.54, 1.807) is 0 Å². The number of ether oxygens (including phenoxy) is 2. The second-order valence-electron chi connectivity index (χ2n) is 6.39. The monoisotopic (exact) mass is 321 g/mol. The van der Waals surface area contributed by atoms with Gasteiger partial charge in [-0.3, -0.25) is 9.69 Å². The molecule has 0 amide bonds. The van der Waals surface area contributed by atoms with Crippen molar-refractivity contribution >= 4 is 5.97 Å². The molecule has 2 rings (SSSR count). The van der Waals surface area contributed by atoms with E-state index in [-0.39, 0.29) is 0 Å². The second kappa shape index (κ2) is 7.68. The molecule has 1 aromatic carbocycles. The number of carboxylic acid groups (broad SMARTS) is 1. The van der Waals surface area contributed by atoms with Gasteiger partial charge in [-0.2, -0.15) is 0 Å². The first kappa shape index (κ1) is 17.6. The number of carboxylic acids is 1. The van der Waals surface area contributed by atoms with Crippen molar-refractivity contribution < 1.29 is 19.4 Å². The summed E-state index contributed by atoms with van der Waals surface area (Å²) in [5.41, 5.74) is 0.486. The number of aliphatic carboxylic acids is 1. The van der Waals surface area contributed by atoms with Gasteiger partial charge in [0.2, 0.25) is 0 Å². The van der Waals surface area contributed by atoms with Crippen molar-refractivity contribution in [3.63, 3.8) is 0 Å². The minimum Gasteiger partial charge on any atom is -0.490 e. The van der Waals surface area contributed by atoms with Gasteiger partial charge >= 0.3 is 5.97 Å². The average Bonchev–Trinajstić information content (AvgIpc) is 2.89. The summed E-state index contributed by atoms with van der Waals surface area (Å²) in [7, 11) is 0. The van der Waals surface area contributed by atoms with Crippen LogP contribution in [0, 0.1) is 5.41 Å². The molecule has 1 fully saturated rings. The summed E-state index contributed by atoms with van der Waals surface area (Å²) >= 11 is 0. The molecule has 5 nitrogen and oxygen atoms in total. The zero-order chi connectivity index (χ0) is 16.9. The lowest BCUT2D eigenvalue weighted by molar-refractivity contribution is -0.147. The van der Waals surface area contributed by atoms with E-state index >= 15 is 0 Å². The van der Waals surface area contributed by atoms with Gasteiger partial charge in [-0.05, 0) is 50.9 Å². The molecule has 1 N–H and O–H groups in total. The van der Waals surface area contributed by atoms with Crippen LogP contribution >= 0.6 is 0 Å². The molecular formula is C18H27NO4. The van der Waals surface area contributed by atoms with Gasteiger partial charge in [0.05, 0.1) is 18.6 Å². The van der Waals surface area contributed by atoms with Gasteiger partial charge in [0.25, 0.3) is 0 Å². The number of hydrogen-bond donors (Lipinski definition) is 1. The quantitative estimate of drug-likeness (QED) is 0.797. The predicted octanol–water partition coefficient (Wildman–Crippen LogP) is 3.17. The van der Waals surface area contributed by atoms with Crippen LogP contribution < -0.4 is 9.47 Å². The Labute approximate surface area is 138 Å². The van der Waals surface area contributed by atoms with E-state index in [2.05, 4.69) is 11.8 Å². The fourth-order valence-corrected chi connectivity index (χ4v) is 2.87. The number of likely N-dealkylation sites (tertiary alicyclic amines) is 1. The van der Waals surface area contributed by atoms with E-state index in [0.717, 1.165) is 36.6 Å². The summed E-state index contributed by atoms with van der Waals surface area (Å²) < 4.78 is 11.4. The maximum atomic E-state index is 11.3. The first-order valence-corrected chi connectivity index (χ1v) is 8.32. The molecule has 1 saturated heterocycles. The lowest BCUT2D eigenvalue weighted by atomic mass is 9.90. The van der Waals surface area contributed by atoms with Crippen LogP contribution in [0.1, 0.15) is 39.2 Å². The van der Waals surface area contributed by atoms with Gasteiger partial charge in [-0.15, -0.1) is 0 Å². The molecule has 0 radical (unpaired) electrons. The third-order valence-corrected chi connectivity index (χ3v) is 4.24. The van der Waals surface area contributed by atoms with Crippen molar-refractivity contribution in [1.29, 1.82) is 0 Å². The molecule has 0 spiro atoms. The molecule has 0 saturated carbocycles. The van der Waals surface area contributed by atoms with Crippen molar-refractivity contribution in [3.8, 4) is 11.5 Å². The second-order valence-corrected chi connectivity index (χ2v) is 6.39. The van der Waals surface area contributed by atoms with Crippen molar-refractivity contribution in [3.05, 3.63) is 23.8 Å². The van der Waals surface area contributed by atoms with Crippen molar-refractivity contribution in [1.82, 2.24) is 4.90 Å².